The maximum atomic E-state index is 12.9. The molecule has 0 bridgehead atoms. The molecule has 2 atom stereocenters. The second-order valence-electron chi connectivity index (χ2n) is 7.65. The van der Waals surface area contributed by atoms with Gasteiger partial charge in [0.25, 0.3) is 0 Å². The highest BCUT2D eigenvalue weighted by Gasteiger charge is 2.39. The zero-order valence-corrected chi connectivity index (χ0v) is 14.1. The smallest absolute Gasteiger partial charge is 0.226 e. The van der Waals surface area contributed by atoms with Gasteiger partial charge in [0.2, 0.25) is 11.8 Å². The number of nitrogens with one attached hydrogen (secondary N) is 1. The Labute approximate surface area is 139 Å². The molecule has 2 aliphatic carbocycles. The van der Waals surface area contributed by atoms with Gasteiger partial charge in [-0.2, -0.15) is 0 Å². The van der Waals surface area contributed by atoms with Gasteiger partial charge in [-0.25, -0.2) is 0 Å². The number of hydrogen-bond donors (Lipinski definition) is 2. The van der Waals surface area contributed by atoms with Gasteiger partial charge >= 0.3 is 0 Å². The van der Waals surface area contributed by atoms with Gasteiger partial charge in [-0.3, -0.25) is 9.59 Å². The SMILES string of the molecule is NC1CCN(C(=O)C2CCCCC2C(=O)NC2CCCC2)CC1. The number of likely N-dealkylation sites (tertiary alicyclic amines) is 1. The molecule has 1 aliphatic heterocycles. The maximum Gasteiger partial charge on any atom is 0.226 e. The molecule has 1 saturated heterocycles. The van der Waals surface area contributed by atoms with Gasteiger partial charge in [-0.15, -0.1) is 0 Å². The molecule has 130 valence electrons. The van der Waals surface area contributed by atoms with Crippen LogP contribution in [0, 0.1) is 11.8 Å². The Morgan fingerprint density at radius 1 is 0.826 bits per heavy atom. The van der Waals surface area contributed by atoms with Crippen molar-refractivity contribution in [3.63, 3.8) is 0 Å². The first kappa shape index (κ1) is 16.7. The number of amides is 2. The maximum absolute atomic E-state index is 12.9. The third kappa shape index (κ3) is 4.06. The van der Waals surface area contributed by atoms with Crippen LogP contribution >= 0.6 is 0 Å². The molecule has 0 radical (unpaired) electrons. The summed E-state index contributed by atoms with van der Waals surface area (Å²) in [6.07, 6.45) is 10.3. The molecule has 2 amide bonds. The number of carbonyl (C=O) groups excluding carboxylic acids is 2. The van der Waals surface area contributed by atoms with E-state index in [9.17, 15) is 9.59 Å². The lowest BCUT2D eigenvalue weighted by atomic mass is 9.77. The zero-order chi connectivity index (χ0) is 16.2. The molecule has 23 heavy (non-hydrogen) atoms. The standard InChI is InChI=1S/C18H31N3O2/c19-13-9-11-21(12-10-13)18(23)16-8-4-3-7-15(16)17(22)20-14-5-1-2-6-14/h13-16H,1-12,19H2,(H,20,22). The van der Waals surface area contributed by atoms with Gasteiger partial charge in [0, 0.05) is 37.0 Å². The van der Waals surface area contributed by atoms with Crippen LogP contribution in [0.4, 0.5) is 0 Å². The van der Waals surface area contributed by atoms with Crippen molar-refractivity contribution in [2.45, 2.75) is 76.3 Å². The predicted molar refractivity (Wildman–Crippen MR) is 89.6 cm³/mol. The summed E-state index contributed by atoms with van der Waals surface area (Å²) in [6, 6.07) is 0.569. The van der Waals surface area contributed by atoms with Gasteiger partial charge in [0.15, 0.2) is 0 Å². The summed E-state index contributed by atoms with van der Waals surface area (Å²) in [4.78, 5) is 27.6. The first-order chi connectivity index (χ1) is 11.1. The number of hydrogen-bond acceptors (Lipinski definition) is 3. The molecule has 3 fully saturated rings. The van der Waals surface area contributed by atoms with Gasteiger partial charge in [0.1, 0.15) is 0 Å². The molecular weight excluding hydrogens is 290 g/mol. The summed E-state index contributed by atoms with van der Waals surface area (Å²) >= 11 is 0. The van der Waals surface area contributed by atoms with Gasteiger partial charge in [-0.05, 0) is 38.5 Å². The van der Waals surface area contributed by atoms with Crippen LogP contribution in [-0.2, 0) is 9.59 Å². The van der Waals surface area contributed by atoms with E-state index in [1.165, 1.54) is 12.8 Å². The van der Waals surface area contributed by atoms with Crippen LogP contribution in [0.3, 0.4) is 0 Å². The molecule has 2 unspecified atom stereocenters. The Balaban J connectivity index is 1.60. The summed E-state index contributed by atoms with van der Waals surface area (Å²) in [5.41, 5.74) is 5.94. The highest BCUT2D eigenvalue weighted by atomic mass is 16.2. The Hall–Kier alpha value is -1.10. The third-order valence-corrected chi connectivity index (χ3v) is 5.97. The summed E-state index contributed by atoms with van der Waals surface area (Å²) in [7, 11) is 0. The second-order valence-corrected chi connectivity index (χ2v) is 7.65. The first-order valence-electron chi connectivity index (χ1n) is 9.50. The van der Waals surface area contributed by atoms with Gasteiger partial charge in [-0.1, -0.05) is 25.7 Å². The Bertz CT molecular complexity index is 426. The number of piperidine rings is 1. The minimum absolute atomic E-state index is 0.112. The van der Waals surface area contributed by atoms with E-state index in [1.54, 1.807) is 0 Å². The van der Waals surface area contributed by atoms with Crippen LogP contribution in [0.5, 0.6) is 0 Å². The Morgan fingerprint density at radius 2 is 1.39 bits per heavy atom. The Morgan fingerprint density at radius 3 is 2.04 bits per heavy atom. The molecule has 2 saturated carbocycles. The fourth-order valence-electron chi connectivity index (χ4n) is 4.47. The lowest BCUT2D eigenvalue weighted by Gasteiger charge is -2.37. The van der Waals surface area contributed by atoms with Crippen LogP contribution in [0.25, 0.3) is 0 Å². The second kappa shape index (κ2) is 7.65. The molecule has 1 heterocycles. The van der Waals surface area contributed by atoms with Crippen LogP contribution in [0.2, 0.25) is 0 Å². The van der Waals surface area contributed by atoms with E-state index in [-0.39, 0.29) is 29.7 Å². The highest BCUT2D eigenvalue weighted by molar-refractivity contribution is 5.88. The number of carbonyl (C=O) groups is 2. The average molecular weight is 321 g/mol. The minimum atomic E-state index is -0.118. The molecule has 5 heteroatoms. The van der Waals surface area contributed by atoms with Crippen molar-refractivity contribution in [2.75, 3.05) is 13.1 Å². The van der Waals surface area contributed by atoms with Crippen LogP contribution in [-0.4, -0.2) is 41.9 Å². The number of nitrogens with zero attached hydrogens (tertiary/aromatic N) is 1. The molecule has 0 spiro atoms. The summed E-state index contributed by atoms with van der Waals surface area (Å²) < 4.78 is 0. The van der Waals surface area contributed by atoms with E-state index in [1.807, 2.05) is 4.90 Å². The lowest BCUT2D eigenvalue weighted by Crippen LogP contribution is -2.50. The van der Waals surface area contributed by atoms with Crippen LogP contribution in [0.15, 0.2) is 0 Å². The van der Waals surface area contributed by atoms with Gasteiger partial charge < -0.3 is 16.0 Å². The van der Waals surface area contributed by atoms with E-state index >= 15 is 0 Å². The molecule has 5 nitrogen and oxygen atoms in total. The summed E-state index contributed by atoms with van der Waals surface area (Å²) in [5, 5.41) is 3.21. The quantitative estimate of drug-likeness (QED) is 0.832. The number of rotatable bonds is 3. The summed E-state index contributed by atoms with van der Waals surface area (Å²) in [5.74, 6) is 0.0961. The van der Waals surface area contributed by atoms with Crippen molar-refractivity contribution >= 4 is 11.8 Å². The van der Waals surface area contributed by atoms with Crippen molar-refractivity contribution in [1.29, 1.82) is 0 Å². The fourth-order valence-corrected chi connectivity index (χ4v) is 4.47. The van der Waals surface area contributed by atoms with Crippen molar-refractivity contribution < 1.29 is 9.59 Å². The summed E-state index contributed by atoms with van der Waals surface area (Å²) in [6.45, 7) is 1.51. The molecule has 3 aliphatic rings. The lowest BCUT2D eigenvalue weighted by molar-refractivity contribution is -0.144. The zero-order valence-electron chi connectivity index (χ0n) is 14.1. The van der Waals surface area contributed by atoms with E-state index in [4.69, 9.17) is 5.73 Å². The fraction of sp³-hybridized carbons (Fsp3) is 0.889. The predicted octanol–water partition coefficient (Wildman–Crippen LogP) is 1.80. The molecular formula is C18H31N3O2. The minimum Gasteiger partial charge on any atom is -0.353 e. The van der Waals surface area contributed by atoms with Crippen molar-refractivity contribution in [3.8, 4) is 0 Å². The number of nitrogens with two attached hydrogens (primary N) is 1. The molecule has 3 rings (SSSR count). The van der Waals surface area contributed by atoms with E-state index < -0.39 is 0 Å². The molecule has 0 aromatic carbocycles. The van der Waals surface area contributed by atoms with E-state index in [0.717, 1.165) is 64.5 Å². The average Bonchev–Trinajstić information content (AvgIpc) is 3.08. The van der Waals surface area contributed by atoms with Crippen molar-refractivity contribution in [2.24, 2.45) is 17.6 Å². The van der Waals surface area contributed by atoms with E-state index in [0.29, 0.717) is 6.04 Å². The molecule has 3 N–H and O–H groups in total. The highest BCUT2D eigenvalue weighted by Crippen LogP contribution is 2.33. The molecule has 0 aromatic heterocycles. The van der Waals surface area contributed by atoms with E-state index in [2.05, 4.69) is 5.32 Å². The van der Waals surface area contributed by atoms with Gasteiger partial charge in [0.05, 0.1) is 0 Å². The topological polar surface area (TPSA) is 75.4 Å². The van der Waals surface area contributed by atoms with Crippen LogP contribution < -0.4 is 11.1 Å². The van der Waals surface area contributed by atoms with Crippen molar-refractivity contribution in [1.82, 2.24) is 10.2 Å². The first-order valence-corrected chi connectivity index (χ1v) is 9.50. The van der Waals surface area contributed by atoms with Crippen molar-refractivity contribution in [3.05, 3.63) is 0 Å². The van der Waals surface area contributed by atoms with Crippen LogP contribution in [0.1, 0.15) is 64.2 Å². The monoisotopic (exact) mass is 321 g/mol. The molecule has 0 aromatic rings. The third-order valence-electron chi connectivity index (χ3n) is 5.97. The Kier molecular flexibility index (Phi) is 5.57. The normalized spacial score (nSPS) is 30.4. The largest absolute Gasteiger partial charge is 0.353 e.